The molecule has 19 heavy (non-hydrogen) atoms. The van der Waals surface area contributed by atoms with Gasteiger partial charge < -0.3 is 10.5 Å². The molecule has 2 aromatic rings. The average molecular weight is 324 g/mol. The number of hydrogen-bond acceptors (Lipinski definition) is 3. The van der Waals surface area contributed by atoms with E-state index in [4.69, 9.17) is 15.9 Å². The summed E-state index contributed by atoms with van der Waals surface area (Å²) >= 11 is 3.25. The largest absolute Gasteiger partial charge is 0.486 e. The molecule has 0 saturated carbocycles. The van der Waals surface area contributed by atoms with Gasteiger partial charge in [-0.05, 0) is 35.9 Å². The van der Waals surface area contributed by atoms with E-state index in [2.05, 4.69) is 20.9 Å². The van der Waals surface area contributed by atoms with Crippen molar-refractivity contribution in [3.05, 3.63) is 58.1 Å². The highest BCUT2D eigenvalue weighted by molar-refractivity contribution is 9.10. The van der Waals surface area contributed by atoms with Crippen LogP contribution < -0.4 is 10.5 Å². The third-order valence-electron chi connectivity index (χ3n) is 2.39. The SMILES string of the molecule is N=C(N)c1cc(COc2cc(Br)ccc2F)ccn1. The van der Waals surface area contributed by atoms with Gasteiger partial charge in [0, 0.05) is 10.7 Å². The van der Waals surface area contributed by atoms with Crippen LogP contribution in [-0.2, 0) is 6.61 Å². The predicted molar refractivity (Wildman–Crippen MR) is 73.7 cm³/mol. The van der Waals surface area contributed by atoms with Crippen molar-refractivity contribution in [1.29, 1.82) is 5.41 Å². The Morgan fingerprint density at radius 3 is 2.89 bits per heavy atom. The summed E-state index contributed by atoms with van der Waals surface area (Å²) in [4.78, 5) is 3.94. The summed E-state index contributed by atoms with van der Waals surface area (Å²) in [5.41, 5.74) is 6.48. The second-order valence-electron chi connectivity index (χ2n) is 3.83. The monoisotopic (exact) mass is 323 g/mol. The molecule has 0 spiro atoms. The van der Waals surface area contributed by atoms with Gasteiger partial charge in [0.1, 0.15) is 18.1 Å². The Morgan fingerprint density at radius 2 is 2.16 bits per heavy atom. The first-order valence-corrected chi connectivity index (χ1v) is 6.23. The van der Waals surface area contributed by atoms with Crippen LogP contribution in [0, 0.1) is 11.2 Å². The molecule has 0 bridgehead atoms. The lowest BCUT2D eigenvalue weighted by molar-refractivity contribution is 0.290. The minimum absolute atomic E-state index is 0.115. The molecule has 1 aromatic carbocycles. The number of nitrogens with two attached hydrogens (primary N) is 1. The van der Waals surface area contributed by atoms with Crippen molar-refractivity contribution in [2.75, 3.05) is 0 Å². The number of amidine groups is 1. The van der Waals surface area contributed by atoms with Crippen LogP contribution in [0.3, 0.4) is 0 Å². The normalized spacial score (nSPS) is 10.2. The lowest BCUT2D eigenvalue weighted by Crippen LogP contribution is -2.13. The van der Waals surface area contributed by atoms with Crippen molar-refractivity contribution in [2.24, 2.45) is 5.73 Å². The fourth-order valence-electron chi connectivity index (χ4n) is 1.46. The van der Waals surface area contributed by atoms with Gasteiger partial charge in [0.15, 0.2) is 11.6 Å². The van der Waals surface area contributed by atoms with Crippen LogP contribution >= 0.6 is 15.9 Å². The van der Waals surface area contributed by atoms with Gasteiger partial charge in [-0.2, -0.15) is 0 Å². The standard InChI is InChI=1S/C13H11BrFN3O/c14-9-1-2-10(15)12(6-9)19-7-8-3-4-18-11(5-8)13(16)17/h1-6H,7H2,(H3,16,17). The van der Waals surface area contributed by atoms with Crippen molar-refractivity contribution in [3.63, 3.8) is 0 Å². The van der Waals surface area contributed by atoms with Crippen LogP contribution in [0.5, 0.6) is 5.75 Å². The van der Waals surface area contributed by atoms with E-state index in [-0.39, 0.29) is 18.2 Å². The van der Waals surface area contributed by atoms with E-state index in [1.807, 2.05) is 0 Å². The summed E-state index contributed by atoms with van der Waals surface area (Å²) in [5.74, 6) is -0.380. The zero-order chi connectivity index (χ0) is 13.8. The zero-order valence-corrected chi connectivity index (χ0v) is 11.4. The van der Waals surface area contributed by atoms with Gasteiger partial charge in [0.05, 0.1) is 0 Å². The first kappa shape index (κ1) is 13.5. The molecule has 4 nitrogen and oxygen atoms in total. The summed E-state index contributed by atoms with van der Waals surface area (Å²) < 4.78 is 19.6. The zero-order valence-electron chi connectivity index (χ0n) is 9.86. The maximum absolute atomic E-state index is 13.5. The second kappa shape index (κ2) is 5.79. The third kappa shape index (κ3) is 3.51. The number of halogens is 2. The molecule has 98 valence electrons. The highest BCUT2D eigenvalue weighted by Gasteiger charge is 2.05. The smallest absolute Gasteiger partial charge is 0.165 e. The molecule has 0 saturated heterocycles. The molecule has 0 aliphatic heterocycles. The number of nitrogens with one attached hydrogen (secondary N) is 1. The van der Waals surface area contributed by atoms with Crippen molar-refractivity contribution < 1.29 is 9.13 Å². The quantitative estimate of drug-likeness (QED) is 0.671. The molecule has 0 aliphatic rings. The Morgan fingerprint density at radius 1 is 1.37 bits per heavy atom. The molecule has 0 amide bonds. The Kier molecular flexibility index (Phi) is 4.11. The van der Waals surface area contributed by atoms with E-state index in [1.165, 1.54) is 12.3 Å². The fourth-order valence-corrected chi connectivity index (χ4v) is 1.80. The molecule has 1 heterocycles. The number of hydrogen-bond donors (Lipinski definition) is 2. The van der Waals surface area contributed by atoms with Gasteiger partial charge in [0.25, 0.3) is 0 Å². The second-order valence-corrected chi connectivity index (χ2v) is 4.74. The van der Waals surface area contributed by atoms with Crippen molar-refractivity contribution >= 4 is 21.8 Å². The number of benzene rings is 1. The molecule has 0 unspecified atom stereocenters. The van der Waals surface area contributed by atoms with Crippen LogP contribution in [0.2, 0.25) is 0 Å². The first-order chi connectivity index (χ1) is 9.06. The number of pyridine rings is 1. The third-order valence-corrected chi connectivity index (χ3v) is 2.88. The van der Waals surface area contributed by atoms with Crippen molar-refractivity contribution in [3.8, 4) is 5.75 Å². The maximum atomic E-state index is 13.5. The number of nitrogen functional groups attached to an aromatic ring is 1. The van der Waals surface area contributed by atoms with Crippen LogP contribution in [0.1, 0.15) is 11.3 Å². The number of aromatic nitrogens is 1. The highest BCUT2D eigenvalue weighted by atomic mass is 79.9. The molecule has 2 rings (SSSR count). The van der Waals surface area contributed by atoms with E-state index in [0.717, 1.165) is 10.0 Å². The lowest BCUT2D eigenvalue weighted by Gasteiger charge is -2.08. The average Bonchev–Trinajstić information content (AvgIpc) is 2.40. The van der Waals surface area contributed by atoms with E-state index in [9.17, 15) is 4.39 Å². The molecule has 1 aromatic heterocycles. The van der Waals surface area contributed by atoms with Crippen molar-refractivity contribution in [1.82, 2.24) is 4.98 Å². The van der Waals surface area contributed by atoms with E-state index in [0.29, 0.717) is 5.69 Å². The Hall–Kier alpha value is -1.95. The molecule has 6 heteroatoms. The molecule has 3 N–H and O–H groups in total. The summed E-state index contributed by atoms with van der Waals surface area (Å²) in [5, 5.41) is 7.30. The summed E-state index contributed by atoms with van der Waals surface area (Å²) in [6.07, 6.45) is 1.53. The van der Waals surface area contributed by atoms with E-state index >= 15 is 0 Å². The predicted octanol–water partition coefficient (Wildman–Crippen LogP) is 2.85. The molecule has 0 fully saturated rings. The van der Waals surface area contributed by atoms with Gasteiger partial charge in [0.2, 0.25) is 0 Å². The van der Waals surface area contributed by atoms with Gasteiger partial charge in [-0.15, -0.1) is 0 Å². The summed E-state index contributed by atoms with van der Waals surface area (Å²) in [7, 11) is 0. The lowest BCUT2D eigenvalue weighted by atomic mass is 10.2. The number of rotatable bonds is 4. The maximum Gasteiger partial charge on any atom is 0.165 e. The van der Waals surface area contributed by atoms with Crippen LogP contribution in [0.15, 0.2) is 41.0 Å². The Balaban J connectivity index is 2.12. The molecule has 0 radical (unpaired) electrons. The van der Waals surface area contributed by atoms with Crippen LogP contribution in [0.4, 0.5) is 4.39 Å². The Labute approximate surface area is 118 Å². The summed E-state index contributed by atoms with van der Waals surface area (Å²) in [6.45, 7) is 0.177. The minimum atomic E-state index is -0.427. The van der Waals surface area contributed by atoms with Crippen molar-refractivity contribution in [2.45, 2.75) is 6.61 Å². The van der Waals surface area contributed by atoms with Crippen LogP contribution in [-0.4, -0.2) is 10.8 Å². The first-order valence-electron chi connectivity index (χ1n) is 5.43. The number of ether oxygens (including phenoxy) is 1. The molecule has 0 aliphatic carbocycles. The molecular weight excluding hydrogens is 313 g/mol. The van der Waals surface area contributed by atoms with Gasteiger partial charge in [-0.25, -0.2) is 4.39 Å². The highest BCUT2D eigenvalue weighted by Crippen LogP contribution is 2.23. The Bertz CT molecular complexity index is 619. The van der Waals surface area contributed by atoms with Gasteiger partial charge in [-0.1, -0.05) is 15.9 Å². The minimum Gasteiger partial charge on any atom is -0.486 e. The van der Waals surface area contributed by atoms with E-state index < -0.39 is 5.82 Å². The van der Waals surface area contributed by atoms with E-state index in [1.54, 1.807) is 24.3 Å². The fraction of sp³-hybridized carbons (Fsp3) is 0.0769. The van der Waals surface area contributed by atoms with Gasteiger partial charge in [-0.3, -0.25) is 10.4 Å². The number of nitrogens with zero attached hydrogens (tertiary/aromatic N) is 1. The molecule has 0 atom stereocenters. The summed E-state index contributed by atoms with van der Waals surface area (Å²) in [6, 6.07) is 7.85. The topological polar surface area (TPSA) is 72.0 Å². The van der Waals surface area contributed by atoms with Gasteiger partial charge >= 0.3 is 0 Å². The van der Waals surface area contributed by atoms with Crippen LogP contribution in [0.25, 0.3) is 0 Å². The molecular formula is C13H11BrFN3O.